The van der Waals surface area contributed by atoms with E-state index < -0.39 is 12.1 Å². The van der Waals surface area contributed by atoms with Gasteiger partial charge in [0.2, 0.25) is 5.91 Å². The van der Waals surface area contributed by atoms with Crippen LogP contribution in [0.4, 0.5) is 13.2 Å². The number of carboxylic acid groups (broad SMARTS) is 1. The van der Waals surface area contributed by atoms with Gasteiger partial charge in [-0.15, -0.1) is 0 Å². The third kappa shape index (κ3) is 7.78. The first-order chi connectivity index (χ1) is 11.2. The monoisotopic (exact) mass is 410 g/mol. The van der Waals surface area contributed by atoms with Gasteiger partial charge in [-0.05, 0) is 43.6 Å². The van der Waals surface area contributed by atoms with E-state index in [-0.39, 0.29) is 11.8 Å². The third-order valence-electron chi connectivity index (χ3n) is 3.33. The number of hydrogen-bond acceptors (Lipinski definition) is 3. The Bertz CT molecular complexity index is 544. The zero-order valence-corrected chi connectivity index (χ0v) is 14.3. The molecule has 1 heterocycles. The van der Waals surface area contributed by atoms with Crippen LogP contribution in [0.2, 0.25) is 0 Å². The minimum absolute atomic E-state index is 0.187. The SMILES string of the molecule is O=C(NCc1ccc(Br)cc1)C1CCNCC1.O=C(O)C(F)(F)F. The number of nitrogens with one attached hydrogen (secondary N) is 2. The third-order valence-corrected chi connectivity index (χ3v) is 3.86. The molecule has 0 unspecified atom stereocenters. The van der Waals surface area contributed by atoms with E-state index in [2.05, 4.69) is 26.6 Å². The highest BCUT2D eigenvalue weighted by atomic mass is 79.9. The predicted molar refractivity (Wildman–Crippen MR) is 85.3 cm³/mol. The number of carbonyl (C=O) groups excluding carboxylic acids is 1. The number of carbonyl (C=O) groups is 2. The van der Waals surface area contributed by atoms with E-state index in [9.17, 15) is 18.0 Å². The molecule has 5 nitrogen and oxygen atoms in total. The van der Waals surface area contributed by atoms with Crippen molar-refractivity contribution in [2.45, 2.75) is 25.6 Å². The van der Waals surface area contributed by atoms with Crippen molar-refractivity contribution in [2.24, 2.45) is 5.92 Å². The van der Waals surface area contributed by atoms with Crippen molar-refractivity contribution in [3.8, 4) is 0 Å². The van der Waals surface area contributed by atoms with Crippen molar-refractivity contribution in [3.05, 3.63) is 34.3 Å². The summed E-state index contributed by atoms with van der Waals surface area (Å²) in [5.41, 5.74) is 1.13. The summed E-state index contributed by atoms with van der Waals surface area (Å²) in [4.78, 5) is 20.8. The molecule has 0 spiro atoms. The Morgan fingerprint density at radius 2 is 1.71 bits per heavy atom. The van der Waals surface area contributed by atoms with E-state index in [1.54, 1.807) is 0 Å². The number of piperidine rings is 1. The van der Waals surface area contributed by atoms with Crippen LogP contribution >= 0.6 is 15.9 Å². The maximum Gasteiger partial charge on any atom is 0.490 e. The van der Waals surface area contributed by atoms with Crippen LogP contribution in [-0.2, 0) is 16.1 Å². The molecule has 3 N–H and O–H groups in total. The number of alkyl halides is 3. The minimum atomic E-state index is -5.08. The van der Waals surface area contributed by atoms with Gasteiger partial charge in [0.15, 0.2) is 0 Å². The van der Waals surface area contributed by atoms with Crippen LogP contribution < -0.4 is 10.6 Å². The Morgan fingerprint density at radius 1 is 1.21 bits per heavy atom. The molecule has 1 saturated heterocycles. The maximum absolute atomic E-state index is 11.9. The summed E-state index contributed by atoms with van der Waals surface area (Å²) in [5, 5.41) is 13.4. The molecular weight excluding hydrogens is 393 g/mol. The van der Waals surface area contributed by atoms with Gasteiger partial charge in [-0.1, -0.05) is 28.1 Å². The molecule has 1 aromatic rings. The second-order valence-corrected chi connectivity index (χ2v) is 6.09. The maximum atomic E-state index is 11.9. The number of aliphatic carboxylic acids is 1. The molecule has 1 fully saturated rings. The quantitative estimate of drug-likeness (QED) is 0.715. The molecule has 2 rings (SSSR count). The van der Waals surface area contributed by atoms with Gasteiger partial charge in [0.05, 0.1) is 0 Å². The number of hydrogen-bond donors (Lipinski definition) is 3. The molecule has 24 heavy (non-hydrogen) atoms. The largest absolute Gasteiger partial charge is 0.490 e. The Labute approximate surface area is 145 Å². The van der Waals surface area contributed by atoms with Gasteiger partial charge in [0.1, 0.15) is 0 Å². The molecule has 9 heteroatoms. The van der Waals surface area contributed by atoms with E-state index in [1.165, 1.54) is 0 Å². The van der Waals surface area contributed by atoms with Crippen LogP contribution in [0.3, 0.4) is 0 Å². The molecule has 0 aliphatic carbocycles. The van der Waals surface area contributed by atoms with Gasteiger partial charge in [0.25, 0.3) is 0 Å². The first-order valence-corrected chi connectivity index (χ1v) is 8.02. The standard InChI is InChI=1S/C13H17BrN2O.C2HF3O2/c14-12-3-1-10(2-4-12)9-16-13(17)11-5-7-15-8-6-11;3-2(4,5)1(6)7/h1-4,11,15H,5-9H2,(H,16,17);(H,6,7). The van der Waals surface area contributed by atoms with Crippen LogP contribution in [0, 0.1) is 5.92 Å². The lowest BCUT2D eigenvalue weighted by atomic mass is 9.97. The summed E-state index contributed by atoms with van der Waals surface area (Å²) in [6.07, 6.45) is -3.18. The fraction of sp³-hybridized carbons (Fsp3) is 0.467. The van der Waals surface area contributed by atoms with Crippen molar-refractivity contribution in [1.82, 2.24) is 10.6 Å². The van der Waals surface area contributed by atoms with Gasteiger partial charge < -0.3 is 15.7 Å². The highest BCUT2D eigenvalue weighted by Gasteiger charge is 2.38. The average Bonchev–Trinajstić information content (AvgIpc) is 2.54. The molecular formula is C15H18BrF3N2O3. The molecule has 1 aliphatic rings. The molecule has 0 atom stereocenters. The van der Waals surface area contributed by atoms with Crippen LogP contribution in [0.5, 0.6) is 0 Å². The Morgan fingerprint density at radius 3 is 2.17 bits per heavy atom. The number of carboxylic acids is 1. The van der Waals surface area contributed by atoms with Crippen LogP contribution in [0.25, 0.3) is 0 Å². The van der Waals surface area contributed by atoms with E-state index in [0.29, 0.717) is 6.54 Å². The number of halogens is 4. The van der Waals surface area contributed by atoms with Crippen molar-refractivity contribution in [2.75, 3.05) is 13.1 Å². The number of amides is 1. The van der Waals surface area contributed by atoms with Crippen molar-refractivity contribution >= 4 is 27.8 Å². The molecule has 1 amide bonds. The lowest BCUT2D eigenvalue weighted by Crippen LogP contribution is -2.37. The fourth-order valence-electron chi connectivity index (χ4n) is 2.02. The molecule has 1 aliphatic heterocycles. The Hall–Kier alpha value is -1.61. The highest BCUT2D eigenvalue weighted by molar-refractivity contribution is 9.10. The van der Waals surface area contributed by atoms with Gasteiger partial charge in [0, 0.05) is 16.9 Å². The van der Waals surface area contributed by atoms with Crippen LogP contribution in [-0.4, -0.2) is 36.2 Å². The van der Waals surface area contributed by atoms with Gasteiger partial charge in [-0.2, -0.15) is 13.2 Å². The molecule has 0 radical (unpaired) electrons. The van der Waals surface area contributed by atoms with Crippen molar-refractivity contribution in [1.29, 1.82) is 0 Å². The predicted octanol–water partition coefficient (Wildman–Crippen LogP) is 2.70. The molecule has 134 valence electrons. The lowest BCUT2D eigenvalue weighted by molar-refractivity contribution is -0.192. The molecule has 0 saturated carbocycles. The zero-order valence-electron chi connectivity index (χ0n) is 12.7. The van der Waals surface area contributed by atoms with Crippen LogP contribution in [0.15, 0.2) is 28.7 Å². The summed E-state index contributed by atoms with van der Waals surface area (Å²) in [6.45, 7) is 2.53. The summed E-state index contributed by atoms with van der Waals surface area (Å²) >= 11 is 3.39. The first kappa shape index (κ1) is 20.4. The second kappa shape index (κ2) is 9.63. The number of benzene rings is 1. The molecule has 0 aromatic heterocycles. The van der Waals surface area contributed by atoms with E-state index >= 15 is 0 Å². The highest BCUT2D eigenvalue weighted by Crippen LogP contribution is 2.14. The minimum Gasteiger partial charge on any atom is -0.475 e. The Balaban J connectivity index is 0.000000351. The number of rotatable bonds is 3. The second-order valence-electron chi connectivity index (χ2n) is 5.17. The topological polar surface area (TPSA) is 78.4 Å². The Kier molecular flexibility index (Phi) is 8.20. The first-order valence-electron chi connectivity index (χ1n) is 7.23. The summed E-state index contributed by atoms with van der Waals surface area (Å²) in [6, 6.07) is 8.03. The van der Waals surface area contributed by atoms with Gasteiger partial charge >= 0.3 is 12.1 Å². The summed E-state index contributed by atoms with van der Waals surface area (Å²) in [5.74, 6) is -2.38. The van der Waals surface area contributed by atoms with Gasteiger partial charge in [-0.25, -0.2) is 4.79 Å². The van der Waals surface area contributed by atoms with E-state index in [1.807, 2.05) is 24.3 Å². The lowest BCUT2D eigenvalue weighted by Gasteiger charge is -2.21. The van der Waals surface area contributed by atoms with Crippen molar-refractivity contribution < 1.29 is 27.9 Å². The van der Waals surface area contributed by atoms with E-state index in [0.717, 1.165) is 36.0 Å². The fourth-order valence-corrected chi connectivity index (χ4v) is 2.28. The zero-order chi connectivity index (χ0) is 18.2. The van der Waals surface area contributed by atoms with Gasteiger partial charge in [-0.3, -0.25) is 4.79 Å². The average molecular weight is 411 g/mol. The van der Waals surface area contributed by atoms with Crippen LogP contribution in [0.1, 0.15) is 18.4 Å². The van der Waals surface area contributed by atoms with Crippen molar-refractivity contribution in [3.63, 3.8) is 0 Å². The smallest absolute Gasteiger partial charge is 0.475 e. The summed E-state index contributed by atoms with van der Waals surface area (Å²) in [7, 11) is 0. The van der Waals surface area contributed by atoms with E-state index in [4.69, 9.17) is 9.90 Å². The normalized spacial score (nSPS) is 15.2. The molecule has 1 aromatic carbocycles. The summed E-state index contributed by atoms with van der Waals surface area (Å²) < 4.78 is 32.8. The molecule has 0 bridgehead atoms.